The van der Waals surface area contributed by atoms with Crippen LogP contribution >= 0.6 is 11.3 Å². The molecule has 3 aromatic heterocycles. The number of aryl methyl sites for hydroxylation is 1. The van der Waals surface area contributed by atoms with Gasteiger partial charge in [0, 0.05) is 13.1 Å². The molecule has 0 radical (unpaired) electrons. The van der Waals surface area contributed by atoms with Crippen molar-refractivity contribution in [2.75, 3.05) is 19.6 Å². The molecule has 0 aliphatic carbocycles. The summed E-state index contributed by atoms with van der Waals surface area (Å²) >= 11 is 1.53. The van der Waals surface area contributed by atoms with E-state index >= 15 is 0 Å². The van der Waals surface area contributed by atoms with Crippen LogP contribution in [0.4, 0.5) is 0 Å². The summed E-state index contributed by atoms with van der Waals surface area (Å²) in [6.07, 6.45) is 2.05. The third-order valence-electron chi connectivity index (χ3n) is 4.49. The summed E-state index contributed by atoms with van der Waals surface area (Å²) in [4.78, 5) is 32.1. The Bertz CT molecular complexity index is 958. The molecule has 0 saturated carbocycles. The Labute approximate surface area is 154 Å². The van der Waals surface area contributed by atoms with Crippen LogP contribution < -0.4 is 5.32 Å². The van der Waals surface area contributed by atoms with Crippen molar-refractivity contribution in [3.63, 3.8) is 0 Å². The molecule has 2 amide bonds. The fourth-order valence-electron chi connectivity index (χ4n) is 3.15. The molecule has 134 valence electrons. The second-order valence-electron chi connectivity index (χ2n) is 6.25. The van der Waals surface area contributed by atoms with Gasteiger partial charge in [-0.1, -0.05) is 11.2 Å². The molecule has 1 aliphatic heterocycles. The van der Waals surface area contributed by atoms with E-state index in [0.29, 0.717) is 28.1 Å². The van der Waals surface area contributed by atoms with Gasteiger partial charge >= 0.3 is 0 Å². The van der Waals surface area contributed by atoms with Gasteiger partial charge in [0.2, 0.25) is 5.91 Å². The van der Waals surface area contributed by atoms with Crippen LogP contribution in [0.5, 0.6) is 0 Å². The van der Waals surface area contributed by atoms with Crippen molar-refractivity contribution in [3.8, 4) is 10.6 Å². The maximum Gasteiger partial charge on any atom is 0.259 e. The summed E-state index contributed by atoms with van der Waals surface area (Å²) in [5, 5.41) is 9.19. The van der Waals surface area contributed by atoms with E-state index < -0.39 is 0 Å². The predicted molar refractivity (Wildman–Crippen MR) is 98.0 cm³/mol. The van der Waals surface area contributed by atoms with E-state index in [-0.39, 0.29) is 18.4 Å². The number of fused-ring (bicyclic) bond motifs is 1. The Hall–Kier alpha value is -2.74. The molecule has 0 spiro atoms. The number of hydrogen-bond acceptors (Lipinski definition) is 6. The van der Waals surface area contributed by atoms with E-state index in [0.717, 1.165) is 30.8 Å². The number of likely N-dealkylation sites (tertiary alicyclic amines) is 1. The van der Waals surface area contributed by atoms with Crippen LogP contribution in [0.25, 0.3) is 21.7 Å². The topological polar surface area (TPSA) is 88.3 Å². The second-order valence-corrected chi connectivity index (χ2v) is 7.20. The van der Waals surface area contributed by atoms with Crippen molar-refractivity contribution in [2.24, 2.45) is 0 Å². The first-order valence-corrected chi connectivity index (χ1v) is 9.38. The minimum Gasteiger partial charge on any atom is -0.343 e. The van der Waals surface area contributed by atoms with Crippen molar-refractivity contribution >= 4 is 34.3 Å². The highest BCUT2D eigenvalue weighted by atomic mass is 32.1. The quantitative estimate of drug-likeness (QED) is 0.763. The molecule has 1 N–H and O–H groups in total. The number of nitrogens with one attached hydrogen (secondary N) is 1. The van der Waals surface area contributed by atoms with Gasteiger partial charge in [-0.3, -0.25) is 9.59 Å². The minimum atomic E-state index is -0.325. The molecule has 0 unspecified atom stereocenters. The fourth-order valence-corrected chi connectivity index (χ4v) is 3.84. The molecule has 7 nitrogen and oxygen atoms in total. The highest BCUT2D eigenvalue weighted by Gasteiger charge is 2.22. The first-order valence-electron chi connectivity index (χ1n) is 8.50. The molecule has 4 heterocycles. The predicted octanol–water partition coefficient (Wildman–Crippen LogP) is 2.61. The van der Waals surface area contributed by atoms with Gasteiger partial charge in [-0.05, 0) is 37.3 Å². The van der Waals surface area contributed by atoms with Crippen LogP contribution in [0.15, 0.2) is 28.1 Å². The molecule has 0 aromatic carbocycles. The Kier molecular flexibility index (Phi) is 4.42. The van der Waals surface area contributed by atoms with Crippen molar-refractivity contribution in [1.82, 2.24) is 20.4 Å². The molecule has 8 heteroatoms. The van der Waals surface area contributed by atoms with Gasteiger partial charge < -0.3 is 14.7 Å². The standard InChI is InChI=1S/C18H18N4O3S/c1-11-16-12(17(24)19-10-15(23)22-6-2-3-7-22)9-13(14-5-4-8-26-14)20-18(16)25-21-11/h4-5,8-9H,2-3,6-7,10H2,1H3,(H,19,24). The van der Waals surface area contributed by atoms with Crippen molar-refractivity contribution in [3.05, 3.63) is 34.8 Å². The number of carbonyl (C=O) groups is 2. The molecule has 1 saturated heterocycles. The molecular formula is C18H18N4O3S. The number of nitrogens with zero attached hydrogens (tertiary/aromatic N) is 3. The summed E-state index contributed by atoms with van der Waals surface area (Å²) in [6.45, 7) is 3.29. The number of carbonyl (C=O) groups excluding carboxylic acids is 2. The lowest BCUT2D eigenvalue weighted by Gasteiger charge is -2.15. The van der Waals surface area contributed by atoms with Crippen molar-refractivity contribution < 1.29 is 14.1 Å². The molecule has 1 aliphatic rings. The van der Waals surface area contributed by atoms with Gasteiger partial charge in [0.15, 0.2) is 0 Å². The van der Waals surface area contributed by atoms with Crippen molar-refractivity contribution in [1.29, 1.82) is 0 Å². The van der Waals surface area contributed by atoms with E-state index in [1.807, 2.05) is 17.5 Å². The van der Waals surface area contributed by atoms with E-state index in [1.54, 1.807) is 17.9 Å². The average Bonchev–Trinajstić information content (AvgIpc) is 3.40. The number of thiophene rings is 1. The lowest BCUT2D eigenvalue weighted by Crippen LogP contribution is -2.38. The monoisotopic (exact) mass is 370 g/mol. The second kappa shape index (κ2) is 6.87. The van der Waals surface area contributed by atoms with Gasteiger partial charge in [-0.15, -0.1) is 11.3 Å². The van der Waals surface area contributed by atoms with Crippen LogP contribution in [0.1, 0.15) is 28.9 Å². The summed E-state index contributed by atoms with van der Waals surface area (Å²) in [7, 11) is 0. The number of hydrogen-bond donors (Lipinski definition) is 1. The van der Waals surface area contributed by atoms with Crippen LogP contribution in [0, 0.1) is 6.92 Å². The van der Waals surface area contributed by atoms with E-state index in [9.17, 15) is 9.59 Å². The average molecular weight is 370 g/mol. The normalized spacial score (nSPS) is 14.1. The summed E-state index contributed by atoms with van der Waals surface area (Å²) in [6, 6.07) is 5.58. The molecule has 1 fully saturated rings. The summed E-state index contributed by atoms with van der Waals surface area (Å²) in [5.41, 5.74) is 2.00. The van der Waals surface area contributed by atoms with E-state index in [2.05, 4.69) is 15.5 Å². The third-order valence-corrected chi connectivity index (χ3v) is 5.39. The Morgan fingerprint density at radius 2 is 2.15 bits per heavy atom. The van der Waals surface area contributed by atoms with Gasteiger partial charge in [0.25, 0.3) is 11.6 Å². The van der Waals surface area contributed by atoms with Crippen LogP contribution in [0.2, 0.25) is 0 Å². The largest absolute Gasteiger partial charge is 0.343 e. The van der Waals surface area contributed by atoms with E-state index in [1.165, 1.54) is 11.3 Å². The Morgan fingerprint density at radius 1 is 1.35 bits per heavy atom. The van der Waals surface area contributed by atoms with Crippen molar-refractivity contribution in [2.45, 2.75) is 19.8 Å². The highest BCUT2D eigenvalue weighted by molar-refractivity contribution is 7.13. The Balaban J connectivity index is 1.62. The fraction of sp³-hybridized carbons (Fsp3) is 0.333. The van der Waals surface area contributed by atoms with Gasteiger partial charge in [-0.2, -0.15) is 0 Å². The molecule has 0 bridgehead atoms. The number of rotatable bonds is 4. The van der Waals surface area contributed by atoms with Gasteiger partial charge in [0.05, 0.1) is 33.8 Å². The van der Waals surface area contributed by atoms with Crippen LogP contribution in [-0.4, -0.2) is 46.5 Å². The summed E-state index contributed by atoms with van der Waals surface area (Å²) < 4.78 is 5.27. The third kappa shape index (κ3) is 3.08. The van der Waals surface area contributed by atoms with Crippen LogP contribution in [0.3, 0.4) is 0 Å². The SMILES string of the molecule is Cc1noc2nc(-c3cccs3)cc(C(=O)NCC(=O)N3CCCC3)c12. The molecule has 4 rings (SSSR count). The van der Waals surface area contributed by atoms with Crippen LogP contribution in [-0.2, 0) is 4.79 Å². The first-order chi connectivity index (χ1) is 12.6. The molecular weight excluding hydrogens is 352 g/mol. The maximum absolute atomic E-state index is 12.8. The minimum absolute atomic E-state index is 0.0126. The highest BCUT2D eigenvalue weighted by Crippen LogP contribution is 2.29. The Morgan fingerprint density at radius 3 is 2.88 bits per heavy atom. The zero-order valence-electron chi connectivity index (χ0n) is 14.3. The van der Waals surface area contributed by atoms with Gasteiger partial charge in [-0.25, -0.2) is 4.98 Å². The molecule has 26 heavy (non-hydrogen) atoms. The zero-order chi connectivity index (χ0) is 18.1. The van der Waals surface area contributed by atoms with E-state index in [4.69, 9.17) is 4.52 Å². The number of pyridine rings is 1. The first kappa shape index (κ1) is 16.7. The number of aromatic nitrogens is 2. The lowest BCUT2D eigenvalue weighted by molar-refractivity contribution is -0.129. The molecule has 3 aromatic rings. The van der Waals surface area contributed by atoms with Gasteiger partial charge in [0.1, 0.15) is 0 Å². The lowest BCUT2D eigenvalue weighted by atomic mass is 10.1. The number of amides is 2. The summed E-state index contributed by atoms with van der Waals surface area (Å²) in [5.74, 6) is -0.379. The smallest absolute Gasteiger partial charge is 0.259 e. The zero-order valence-corrected chi connectivity index (χ0v) is 15.1. The molecule has 0 atom stereocenters. The maximum atomic E-state index is 12.8.